The van der Waals surface area contributed by atoms with Gasteiger partial charge in [0, 0.05) is 15.6 Å². The molecule has 1 saturated carbocycles. The Bertz CT molecular complexity index is 358. The Kier molecular flexibility index (Phi) is 1.96. The molecule has 0 unspecified atom stereocenters. The van der Waals surface area contributed by atoms with Crippen LogP contribution in [0, 0.1) is 12.7 Å². The smallest absolute Gasteiger partial charge is 0.129 e. The van der Waals surface area contributed by atoms with Gasteiger partial charge in [0.2, 0.25) is 0 Å². The summed E-state index contributed by atoms with van der Waals surface area (Å²) >= 11 is 3.29. The van der Waals surface area contributed by atoms with Crippen LogP contribution in [0.1, 0.15) is 24.0 Å². The monoisotopic (exact) mass is 243 g/mol. The van der Waals surface area contributed by atoms with E-state index in [1.165, 1.54) is 6.07 Å². The van der Waals surface area contributed by atoms with Crippen molar-refractivity contribution < 1.29 is 4.39 Å². The predicted molar refractivity (Wildman–Crippen MR) is 53.9 cm³/mol. The fourth-order valence-electron chi connectivity index (χ4n) is 1.44. The summed E-state index contributed by atoms with van der Waals surface area (Å²) in [6.07, 6.45) is 1.79. The van der Waals surface area contributed by atoms with Gasteiger partial charge in [0.15, 0.2) is 0 Å². The molecule has 0 bridgehead atoms. The van der Waals surface area contributed by atoms with Crippen molar-refractivity contribution in [1.29, 1.82) is 0 Å². The lowest BCUT2D eigenvalue weighted by atomic mass is 10.0. The van der Waals surface area contributed by atoms with E-state index in [0.29, 0.717) is 5.56 Å². The second kappa shape index (κ2) is 2.79. The van der Waals surface area contributed by atoms with Crippen LogP contribution in [-0.2, 0) is 5.54 Å². The van der Waals surface area contributed by atoms with Crippen molar-refractivity contribution in [3.05, 3.63) is 33.5 Å². The largest absolute Gasteiger partial charge is 0.321 e. The maximum Gasteiger partial charge on any atom is 0.129 e. The Morgan fingerprint density at radius 1 is 1.46 bits per heavy atom. The summed E-state index contributed by atoms with van der Waals surface area (Å²) in [6.45, 7) is 1.94. The lowest BCUT2D eigenvalue weighted by Crippen LogP contribution is -2.20. The van der Waals surface area contributed by atoms with Gasteiger partial charge < -0.3 is 5.73 Å². The van der Waals surface area contributed by atoms with Gasteiger partial charge >= 0.3 is 0 Å². The molecule has 1 aromatic rings. The second-order valence-electron chi connectivity index (χ2n) is 3.74. The number of nitrogens with two attached hydrogens (primary N) is 1. The van der Waals surface area contributed by atoms with Gasteiger partial charge in [-0.3, -0.25) is 0 Å². The molecule has 13 heavy (non-hydrogen) atoms. The van der Waals surface area contributed by atoms with Crippen LogP contribution in [0.4, 0.5) is 4.39 Å². The molecule has 0 aromatic heterocycles. The van der Waals surface area contributed by atoms with Gasteiger partial charge in [-0.15, -0.1) is 0 Å². The summed E-state index contributed by atoms with van der Waals surface area (Å²) < 4.78 is 14.3. The maximum atomic E-state index is 13.5. The van der Waals surface area contributed by atoms with Crippen LogP contribution in [0.3, 0.4) is 0 Å². The molecule has 0 heterocycles. The minimum atomic E-state index is -0.379. The highest BCUT2D eigenvalue weighted by Gasteiger charge is 2.42. The molecule has 0 aliphatic heterocycles. The van der Waals surface area contributed by atoms with Crippen molar-refractivity contribution in [3.63, 3.8) is 0 Å². The number of aryl methyl sites for hydroxylation is 1. The Morgan fingerprint density at radius 2 is 2.08 bits per heavy atom. The molecule has 2 N–H and O–H groups in total. The van der Waals surface area contributed by atoms with Crippen LogP contribution in [-0.4, -0.2) is 0 Å². The Morgan fingerprint density at radius 3 is 2.62 bits per heavy atom. The predicted octanol–water partition coefficient (Wildman–Crippen LogP) is 2.84. The minimum absolute atomic E-state index is 0.197. The van der Waals surface area contributed by atoms with Crippen molar-refractivity contribution in [2.24, 2.45) is 5.73 Å². The Hall–Kier alpha value is -0.410. The van der Waals surface area contributed by atoms with Crippen molar-refractivity contribution >= 4 is 15.9 Å². The lowest BCUT2D eigenvalue weighted by Gasteiger charge is -2.12. The molecule has 0 atom stereocenters. The molecule has 1 aliphatic carbocycles. The van der Waals surface area contributed by atoms with Crippen molar-refractivity contribution in [1.82, 2.24) is 0 Å². The highest BCUT2D eigenvalue weighted by atomic mass is 79.9. The zero-order valence-electron chi connectivity index (χ0n) is 7.40. The van der Waals surface area contributed by atoms with Gasteiger partial charge in [0.05, 0.1) is 0 Å². The summed E-state index contributed by atoms with van der Waals surface area (Å²) in [5.41, 5.74) is 7.25. The highest BCUT2D eigenvalue weighted by molar-refractivity contribution is 9.10. The van der Waals surface area contributed by atoms with Gasteiger partial charge in [-0.2, -0.15) is 0 Å². The number of benzene rings is 1. The Balaban J connectivity index is 2.52. The number of rotatable bonds is 1. The molecular formula is C10H11BrFN. The van der Waals surface area contributed by atoms with E-state index in [4.69, 9.17) is 5.73 Å². The van der Waals surface area contributed by atoms with Gasteiger partial charge in [-0.05, 0) is 31.4 Å². The zero-order valence-corrected chi connectivity index (χ0v) is 8.99. The molecule has 0 amide bonds. The first kappa shape index (κ1) is 9.16. The number of halogens is 2. The topological polar surface area (TPSA) is 26.0 Å². The third-order valence-corrected chi connectivity index (χ3v) is 3.43. The van der Waals surface area contributed by atoms with E-state index in [9.17, 15) is 4.39 Å². The summed E-state index contributed by atoms with van der Waals surface area (Å²) in [5.74, 6) is -0.197. The van der Waals surface area contributed by atoms with E-state index in [1.54, 1.807) is 0 Å². The van der Waals surface area contributed by atoms with Gasteiger partial charge in [-0.25, -0.2) is 4.39 Å². The molecule has 0 spiro atoms. The molecule has 70 valence electrons. The fraction of sp³-hybridized carbons (Fsp3) is 0.400. The van der Waals surface area contributed by atoms with Gasteiger partial charge in [0.25, 0.3) is 0 Å². The van der Waals surface area contributed by atoms with Gasteiger partial charge in [0.1, 0.15) is 5.82 Å². The second-order valence-corrected chi connectivity index (χ2v) is 4.59. The van der Waals surface area contributed by atoms with Crippen LogP contribution in [0.15, 0.2) is 16.6 Å². The third-order valence-electron chi connectivity index (χ3n) is 2.57. The average molecular weight is 244 g/mol. The van der Waals surface area contributed by atoms with E-state index in [-0.39, 0.29) is 11.4 Å². The van der Waals surface area contributed by atoms with E-state index < -0.39 is 0 Å². The fourth-order valence-corrected chi connectivity index (χ4v) is 1.76. The zero-order chi connectivity index (χ0) is 9.64. The first-order chi connectivity index (χ1) is 6.03. The first-order valence-electron chi connectivity index (χ1n) is 4.28. The molecule has 1 fully saturated rings. The van der Waals surface area contributed by atoms with Crippen LogP contribution in [0.25, 0.3) is 0 Å². The molecule has 0 radical (unpaired) electrons. The maximum absolute atomic E-state index is 13.5. The lowest BCUT2D eigenvalue weighted by molar-refractivity contribution is 0.576. The normalized spacial score (nSPS) is 18.8. The SMILES string of the molecule is Cc1cc(C2(N)CC2)c(F)cc1Br. The van der Waals surface area contributed by atoms with Crippen molar-refractivity contribution in [2.75, 3.05) is 0 Å². The standard InChI is InChI=1S/C10H11BrFN/c1-6-4-7(10(13)2-3-10)9(12)5-8(6)11/h4-5H,2-3,13H2,1H3. The van der Waals surface area contributed by atoms with Crippen LogP contribution in [0.5, 0.6) is 0 Å². The summed E-state index contributed by atoms with van der Waals surface area (Å²) in [5, 5.41) is 0. The molecule has 1 aliphatic rings. The summed E-state index contributed by atoms with van der Waals surface area (Å²) in [4.78, 5) is 0. The average Bonchev–Trinajstić information content (AvgIpc) is 2.77. The highest BCUT2D eigenvalue weighted by Crippen LogP contribution is 2.44. The van der Waals surface area contributed by atoms with E-state index in [0.717, 1.165) is 22.9 Å². The van der Waals surface area contributed by atoms with Crippen LogP contribution in [0.2, 0.25) is 0 Å². The minimum Gasteiger partial charge on any atom is -0.321 e. The van der Waals surface area contributed by atoms with Crippen LogP contribution >= 0.6 is 15.9 Å². The van der Waals surface area contributed by atoms with E-state index >= 15 is 0 Å². The third kappa shape index (κ3) is 1.51. The molecule has 3 heteroatoms. The van der Waals surface area contributed by atoms with Crippen LogP contribution < -0.4 is 5.73 Å². The molecule has 1 nitrogen and oxygen atoms in total. The number of hydrogen-bond donors (Lipinski definition) is 1. The van der Waals surface area contributed by atoms with Crippen molar-refractivity contribution in [2.45, 2.75) is 25.3 Å². The van der Waals surface area contributed by atoms with E-state index in [2.05, 4.69) is 15.9 Å². The van der Waals surface area contributed by atoms with Crippen molar-refractivity contribution in [3.8, 4) is 0 Å². The molecule has 2 rings (SSSR count). The Labute approximate surface area is 85.3 Å². The van der Waals surface area contributed by atoms with E-state index in [1.807, 2.05) is 13.0 Å². The van der Waals surface area contributed by atoms with Gasteiger partial charge in [-0.1, -0.05) is 22.0 Å². The quantitative estimate of drug-likeness (QED) is 0.807. The number of hydrogen-bond acceptors (Lipinski definition) is 1. The molecule has 0 saturated heterocycles. The summed E-state index contributed by atoms with van der Waals surface area (Å²) in [6, 6.07) is 3.34. The molecular weight excluding hydrogens is 233 g/mol. The summed E-state index contributed by atoms with van der Waals surface area (Å²) in [7, 11) is 0. The first-order valence-corrected chi connectivity index (χ1v) is 5.07. The molecule has 1 aromatic carbocycles.